The van der Waals surface area contributed by atoms with E-state index in [1.165, 1.54) is 28.4 Å². The molecule has 1 heterocycles. The first-order chi connectivity index (χ1) is 17.7. The fourth-order valence-electron chi connectivity index (χ4n) is 4.47. The van der Waals surface area contributed by atoms with Crippen molar-refractivity contribution < 1.29 is 28.5 Å². The lowest BCUT2D eigenvalue weighted by atomic mass is 10.0. The summed E-state index contributed by atoms with van der Waals surface area (Å²) >= 11 is 0. The van der Waals surface area contributed by atoms with Crippen LogP contribution in [0.25, 0.3) is 0 Å². The minimum atomic E-state index is -0.851. The van der Waals surface area contributed by atoms with Crippen molar-refractivity contribution in [2.45, 2.75) is 37.9 Å². The lowest BCUT2D eigenvalue weighted by Gasteiger charge is -2.27. The largest absolute Gasteiger partial charge is 0.496 e. The van der Waals surface area contributed by atoms with E-state index in [2.05, 4.69) is 5.32 Å². The molecule has 0 saturated carbocycles. The number of rotatable bonds is 11. The number of carbonyl (C=O) groups is 2. The fourth-order valence-corrected chi connectivity index (χ4v) is 4.47. The number of carbonyl (C=O) groups excluding carboxylic acids is 2. The van der Waals surface area contributed by atoms with Gasteiger partial charge in [0, 0.05) is 24.2 Å². The minimum Gasteiger partial charge on any atom is -0.496 e. The Balaban J connectivity index is 1.67. The van der Waals surface area contributed by atoms with Gasteiger partial charge in [0.05, 0.1) is 34.5 Å². The topological polar surface area (TPSA) is 162 Å². The van der Waals surface area contributed by atoms with Crippen LogP contribution in [0.3, 0.4) is 0 Å². The van der Waals surface area contributed by atoms with Crippen molar-refractivity contribution in [2.75, 3.05) is 35.0 Å². The lowest BCUT2D eigenvalue weighted by Crippen LogP contribution is -2.51. The van der Waals surface area contributed by atoms with Crippen LogP contribution in [-0.2, 0) is 22.6 Å². The molecule has 0 unspecified atom stereocenters. The summed E-state index contributed by atoms with van der Waals surface area (Å²) in [5.41, 5.74) is 13.9. The zero-order valence-corrected chi connectivity index (χ0v) is 21.6. The van der Waals surface area contributed by atoms with Crippen LogP contribution < -0.4 is 35.7 Å². The Morgan fingerprint density at radius 3 is 2.27 bits per heavy atom. The quantitative estimate of drug-likeness (QED) is 0.257. The summed E-state index contributed by atoms with van der Waals surface area (Å²) in [7, 11) is 6.07. The Bertz CT molecular complexity index is 1130. The number of hydrogen-bond acceptors (Lipinski definition) is 8. The molecule has 200 valence electrons. The van der Waals surface area contributed by atoms with E-state index in [4.69, 9.17) is 35.8 Å². The molecule has 0 radical (unpaired) electrons. The van der Waals surface area contributed by atoms with Crippen LogP contribution in [0, 0.1) is 5.41 Å². The van der Waals surface area contributed by atoms with Crippen molar-refractivity contribution in [3.8, 4) is 23.0 Å². The number of ether oxygens (including phenoxy) is 4. The Labute approximate surface area is 216 Å². The van der Waals surface area contributed by atoms with Gasteiger partial charge in [-0.05, 0) is 43.0 Å². The van der Waals surface area contributed by atoms with Crippen LogP contribution in [0.15, 0.2) is 30.3 Å². The number of hydrogen-bond donors (Lipinski definition) is 4. The molecule has 1 saturated heterocycles. The summed E-state index contributed by atoms with van der Waals surface area (Å²) in [5.74, 6) is 1.29. The highest BCUT2D eigenvalue weighted by molar-refractivity contribution is 5.95. The van der Waals surface area contributed by atoms with E-state index in [1.807, 2.05) is 0 Å². The van der Waals surface area contributed by atoms with Crippen LogP contribution in [0.2, 0.25) is 0 Å². The molecule has 2 aromatic carbocycles. The second-order valence-corrected chi connectivity index (χ2v) is 8.69. The van der Waals surface area contributed by atoms with Gasteiger partial charge in [0.15, 0.2) is 11.5 Å². The molecule has 1 aliphatic heterocycles. The Morgan fingerprint density at radius 2 is 1.70 bits per heavy atom. The number of nitrogens with two attached hydrogens (primary N) is 2. The molecule has 0 bridgehead atoms. The van der Waals surface area contributed by atoms with E-state index in [1.54, 1.807) is 35.2 Å². The predicted octanol–water partition coefficient (Wildman–Crippen LogP) is 1.18. The van der Waals surface area contributed by atoms with Crippen LogP contribution in [0.1, 0.15) is 29.5 Å². The molecule has 37 heavy (non-hydrogen) atoms. The zero-order chi connectivity index (χ0) is 27.1. The van der Waals surface area contributed by atoms with Gasteiger partial charge in [-0.15, -0.1) is 0 Å². The number of nitrogens with zero attached hydrogens (tertiary/aromatic N) is 1. The molecule has 2 amide bonds. The normalized spacial score (nSPS) is 15.6. The van der Waals surface area contributed by atoms with Crippen molar-refractivity contribution >= 4 is 17.6 Å². The van der Waals surface area contributed by atoms with Crippen LogP contribution in [0.4, 0.5) is 0 Å². The highest BCUT2D eigenvalue weighted by Crippen LogP contribution is 2.38. The average Bonchev–Trinajstić information content (AvgIpc) is 3.40. The highest BCUT2D eigenvalue weighted by atomic mass is 16.5. The van der Waals surface area contributed by atoms with Crippen LogP contribution in [-0.4, -0.2) is 69.6 Å². The van der Waals surface area contributed by atoms with Crippen molar-refractivity contribution in [3.05, 3.63) is 47.0 Å². The molecular formula is C26H35N5O6. The summed E-state index contributed by atoms with van der Waals surface area (Å²) in [5, 5.41) is 10.5. The molecule has 11 nitrogen and oxygen atoms in total. The first-order valence-corrected chi connectivity index (χ1v) is 11.9. The highest BCUT2D eigenvalue weighted by Gasteiger charge is 2.36. The molecule has 0 aliphatic carbocycles. The van der Waals surface area contributed by atoms with Gasteiger partial charge in [-0.2, -0.15) is 0 Å². The van der Waals surface area contributed by atoms with Crippen molar-refractivity contribution in [2.24, 2.45) is 11.5 Å². The van der Waals surface area contributed by atoms with Gasteiger partial charge in [-0.25, -0.2) is 0 Å². The summed E-state index contributed by atoms with van der Waals surface area (Å²) in [4.78, 5) is 27.8. The van der Waals surface area contributed by atoms with E-state index in [-0.39, 0.29) is 30.6 Å². The SMILES string of the molecule is COc1cc(C(=N)N)ccc1CNC(=O)[C@@H]1CCCN1C(=O)[C@@H](N)Cc1cc(OC)c(OC)c(OC)c1. The van der Waals surface area contributed by atoms with Crippen LogP contribution in [0.5, 0.6) is 23.0 Å². The maximum absolute atomic E-state index is 13.3. The fraction of sp³-hybridized carbons (Fsp3) is 0.423. The maximum atomic E-state index is 13.3. The van der Waals surface area contributed by atoms with Crippen molar-refractivity contribution in [3.63, 3.8) is 0 Å². The average molecular weight is 514 g/mol. The van der Waals surface area contributed by atoms with Gasteiger partial charge in [0.1, 0.15) is 17.6 Å². The molecule has 0 spiro atoms. The first kappa shape index (κ1) is 27.6. The second-order valence-electron chi connectivity index (χ2n) is 8.69. The van der Waals surface area contributed by atoms with E-state index in [9.17, 15) is 9.59 Å². The van der Waals surface area contributed by atoms with Crippen molar-refractivity contribution in [1.82, 2.24) is 10.2 Å². The molecule has 11 heteroatoms. The van der Waals surface area contributed by atoms with Gasteiger partial charge >= 0.3 is 0 Å². The third kappa shape index (κ3) is 6.23. The number of amidine groups is 1. The Morgan fingerprint density at radius 1 is 1.05 bits per heavy atom. The monoisotopic (exact) mass is 513 g/mol. The standard InChI is InChI=1S/C26H35N5O6/c1-34-20-13-16(24(28)29)7-8-17(20)14-30-25(32)19-6-5-9-31(19)26(33)18(27)10-15-11-21(35-2)23(37-4)22(12-15)36-3/h7-8,11-13,18-19H,5-6,9-10,14,27H2,1-4H3,(H3,28,29)(H,30,32)/t18-,19-/m0/s1. The number of nitrogen functional groups attached to an aromatic ring is 1. The third-order valence-corrected chi connectivity index (χ3v) is 6.39. The van der Waals surface area contributed by atoms with E-state index in [0.717, 1.165) is 11.1 Å². The summed E-state index contributed by atoms with van der Waals surface area (Å²) in [6.07, 6.45) is 1.49. The summed E-state index contributed by atoms with van der Waals surface area (Å²) in [6.45, 7) is 0.659. The molecule has 6 N–H and O–H groups in total. The number of likely N-dealkylation sites (tertiary alicyclic amines) is 1. The summed E-state index contributed by atoms with van der Waals surface area (Å²) < 4.78 is 21.5. The second kappa shape index (κ2) is 12.3. The van der Waals surface area contributed by atoms with Crippen LogP contribution >= 0.6 is 0 Å². The summed E-state index contributed by atoms with van der Waals surface area (Å²) in [6, 6.07) is 7.15. The molecule has 3 rings (SSSR count). The number of amides is 2. The minimum absolute atomic E-state index is 0.0723. The van der Waals surface area contributed by atoms with Crippen molar-refractivity contribution in [1.29, 1.82) is 5.41 Å². The number of benzene rings is 2. The maximum Gasteiger partial charge on any atom is 0.243 e. The van der Waals surface area contributed by atoms with Gasteiger partial charge in [-0.1, -0.05) is 12.1 Å². The van der Waals surface area contributed by atoms with Gasteiger partial charge in [0.2, 0.25) is 17.6 Å². The van der Waals surface area contributed by atoms with Gasteiger partial charge in [-0.3, -0.25) is 15.0 Å². The predicted molar refractivity (Wildman–Crippen MR) is 138 cm³/mol. The molecule has 1 fully saturated rings. The molecule has 2 atom stereocenters. The Hall–Kier alpha value is -3.99. The zero-order valence-electron chi connectivity index (χ0n) is 21.6. The van der Waals surface area contributed by atoms with E-state index < -0.39 is 12.1 Å². The van der Waals surface area contributed by atoms with E-state index in [0.29, 0.717) is 47.9 Å². The smallest absolute Gasteiger partial charge is 0.243 e. The number of methoxy groups -OCH3 is 4. The van der Waals surface area contributed by atoms with E-state index >= 15 is 0 Å². The lowest BCUT2D eigenvalue weighted by molar-refractivity contribution is -0.139. The van der Waals surface area contributed by atoms with Gasteiger partial charge < -0.3 is 40.6 Å². The molecular weight excluding hydrogens is 478 g/mol. The molecule has 1 aliphatic rings. The molecule has 2 aromatic rings. The molecule has 0 aromatic heterocycles. The third-order valence-electron chi connectivity index (χ3n) is 6.39. The Kier molecular flexibility index (Phi) is 9.18. The number of nitrogens with one attached hydrogen (secondary N) is 2. The van der Waals surface area contributed by atoms with Gasteiger partial charge in [0.25, 0.3) is 0 Å². The first-order valence-electron chi connectivity index (χ1n) is 11.9.